The van der Waals surface area contributed by atoms with Gasteiger partial charge in [0.2, 0.25) is 11.7 Å². The van der Waals surface area contributed by atoms with Crippen LogP contribution >= 0.6 is 0 Å². The lowest BCUT2D eigenvalue weighted by Gasteiger charge is -2.50. The number of Topliss-reactive ketones (excluding diaryl/α,β-unsaturated/α-hetero) is 2. The van der Waals surface area contributed by atoms with E-state index in [1.807, 2.05) is 13.8 Å². The Kier molecular flexibility index (Phi) is 7.07. The van der Waals surface area contributed by atoms with E-state index in [0.29, 0.717) is 6.42 Å². The number of carbonyl (C=O) groups excluding carboxylic acids is 4. The van der Waals surface area contributed by atoms with Crippen molar-refractivity contribution in [3.63, 3.8) is 0 Å². The monoisotopic (exact) mass is 545 g/mol. The van der Waals surface area contributed by atoms with E-state index in [-0.39, 0.29) is 36.4 Å². The van der Waals surface area contributed by atoms with Crippen LogP contribution in [0.1, 0.15) is 44.2 Å². The lowest BCUT2D eigenvalue weighted by atomic mass is 9.57. The molecule has 1 fully saturated rings. The Balaban J connectivity index is 1.86. The predicted octanol–water partition coefficient (Wildman–Crippen LogP) is 1.48. The second kappa shape index (κ2) is 9.76. The fraction of sp³-hybridized carbons (Fsp3) is 0.481. The van der Waals surface area contributed by atoms with E-state index in [0.717, 1.165) is 6.07 Å². The summed E-state index contributed by atoms with van der Waals surface area (Å²) in [5.41, 5.74) is 0.345. The number of primary amides is 1. The molecule has 1 saturated carbocycles. The number of rotatable bonds is 6. The van der Waals surface area contributed by atoms with Gasteiger partial charge in [-0.3, -0.25) is 24.1 Å². The lowest BCUT2D eigenvalue weighted by molar-refractivity contribution is -0.153. The average Bonchev–Trinajstić information content (AvgIpc) is 2.82. The molecular weight excluding hydrogens is 513 g/mol. The van der Waals surface area contributed by atoms with Gasteiger partial charge in [-0.05, 0) is 45.2 Å². The fourth-order valence-electron chi connectivity index (χ4n) is 5.99. The van der Waals surface area contributed by atoms with E-state index < -0.39 is 86.7 Å². The number of likely N-dealkylation sites (N-methyl/N-ethyl adjacent to an activating group) is 1. The molecule has 0 radical (unpaired) electrons. The highest BCUT2D eigenvalue weighted by Crippen LogP contribution is 2.53. The number of aromatic hydroxyl groups is 1. The molecule has 0 aromatic heterocycles. The van der Waals surface area contributed by atoms with E-state index >= 15 is 4.39 Å². The number of carbonyl (C=O) groups is 4. The van der Waals surface area contributed by atoms with Gasteiger partial charge in [-0.15, -0.1) is 0 Å². The molecule has 3 aliphatic rings. The number of amides is 2. The van der Waals surface area contributed by atoms with Gasteiger partial charge in [-0.2, -0.15) is 0 Å². The number of nitrogens with two attached hydrogens (primary N) is 1. The second-order valence-electron chi connectivity index (χ2n) is 11.1. The number of benzene rings is 1. The molecule has 0 spiro atoms. The van der Waals surface area contributed by atoms with Crippen LogP contribution in [0.2, 0.25) is 0 Å². The number of nitrogens with zero attached hydrogens (tertiary/aromatic N) is 1. The van der Waals surface area contributed by atoms with Crippen LogP contribution in [-0.2, 0) is 25.6 Å². The second-order valence-corrected chi connectivity index (χ2v) is 11.1. The number of fused-ring (bicyclic) bond motifs is 3. The van der Waals surface area contributed by atoms with Gasteiger partial charge in [-0.25, -0.2) is 4.39 Å². The van der Waals surface area contributed by atoms with Crippen LogP contribution in [0.5, 0.6) is 5.75 Å². The van der Waals surface area contributed by atoms with E-state index in [9.17, 15) is 39.6 Å². The Morgan fingerprint density at radius 2 is 1.87 bits per heavy atom. The summed E-state index contributed by atoms with van der Waals surface area (Å²) in [6, 6.07) is -0.301. The summed E-state index contributed by atoms with van der Waals surface area (Å²) < 4.78 is 15.3. The van der Waals surface area contributed by atoms with Crippen molar-refractivity contribution < 1.29 is 44.0 Å². The van der Waals surface area contributed by atoms with Gasteiger partial charge in [0.05, 0.1) is 17.3 Å². The Labute approximate surface area is 223 Å². The summed E-state index contributed by atoms with van der Waals surface area (Å²) in [5, 5.41) is 47.0. The number of aliphatic hydroxyl groups excluding tert-OH is 2. The third-order valence-corrected chi connectivity index (χ3v) is 7.89. The molecule has 4 atom stereocenters. The standard InChI is InChI=1S/C27H32FN3O8/c1-10(2)5-6-16(32)30-15-9-14(28)12-7-11-8-13-20(31(3)4)23(35)19(26(29)38)25(37)27(13,39)24(36)17(11)22(34)18(12)21(15)33/h9-11,13,20,33-34,37,39H,5-8H2,1-4H3,(H2,29,38)(H,30,32)/t11-,13-,20-,27-/m0/s1. The number of nitrogens with one attached hydrogen (secondary N) is 1. The predicted molar refractivity (Wildman–Crippen MR) is 137 cm³/mol. The number of phenols is 1. The first-order valence-electron chi connectivity index (χ1n) is 12.6. The third kappa shape index (κ3) is 4.27. The Bertz CT molecular complexity index is 1360. The highest BCUT2D eigenvalue weighted by atomic mass is 19.1. The van der Waals surface area contributed by atoms with Crippen LogP contribution in [0.3, 0.4) is 0 Å². The first-order chi connectivity index (χ1) is 18.1. The highest BCUT2D eigenvalue weighted by molar-refractivity contribution is 6.24. The van der Waals surface area contributed by atoms with Crippen LogP contribution in [0.25, 0.3) is 5.76 Å². The van der Waals surface area contributed by atoms with Crippen LogP contribution < -0.4 is 11.1 Å². The smallest absolute Gasteiger partial charge is 0.255 e. The molecule has 39 heavy (non-hydrogen) atoms. The van der Waals surface area contributed by atoms with Crippen molar-refractivity contribution in [3.05, 3.63) is 39.9 Å². The number of phenolic OH excluding ortho intramolecular Hbond substituents is 1. The van der Waals surface area contributed by atoms with Gasteiger partial charge in [-0.1, -0.05) is 13.8 Å². The van der Waals surface area contributed by atoms with Gasteiger partial charge in [0.15, 0.2) is 17.1 Å². The van der Waals surface area contributed by atoms with Gasteiger partial charge in [0.1, 0.15) is 22.9 Å². The summed E-state index contributed by atoms with van der Waals surface area (Å²) in [6.45, 7) is 3.85. The van der Waals surface area contributed by atoms with Gasteiger partial charge in [0.25, 0.3) is 5.91 Å². The van der Waals surface area contributed by atoms with Crippen molar-refractivity contribution in [1.29, 1.82) is 0 Å². The van der Waals surface area contributed by atoms with Crippen LogP contribution in [0.15, 0.2) is 23.0 Å². The Morgan fingerprint density at radius 1 is 1.23 bits per heavy atom. The molecule has 0 unspecified atom stereocenters. The number of aliphatic hydroxyl groups is 3. The number of hydrogen-bond acceptors (Lipinski definition) is 9. The summed E-state index contributed by atoms with van der Waals surface area (Å²) in [5.74, 6) is -9.37. The first-order valence-corrected chi connectivity index (χ1v) is 12.6. The topological polar surface area (TPSA) is 190 Å². The molecule has 7 N–H and O–H groups in total. The molecule has 0 bridgehead atoms. The summed E-state index contributed by atoms with van der Waals surface area (Å²) >= 11 is 0. The summed E-state index contributed by atoms with van der Waals surface area (Å²) in [6.07, 6.45) is 0.318. The van der Waals surface area contributed by atoms with E-state index in [4.69, 9.17) is 5.73 Å². The normalized spacial score (nSPS) is 26.5. The number of halogens is 1. The quantitative estimate of drug-likeness (QED) is 0.227. The molecule has 4 rings (SSSR count). The minimum absolute atomic E-state index is 0.109. The minimum atomic E-state index is -2.79. The van der Waals surface area contributed by atoms with Gasteiger partial charge < -0.3 is 31.5 Å². The van der Waals surface area contributed by atoms with E-state index in [2.05, 4.69) is 5.32 Å². The minimum Gasteiger partial charge on any atom is -0.508 e. The molecule has 2 amide bonds. The zero-order chi connectivity index (χ0) is 29.1. The van der Waals surface area contributed by atoms with E-state index in [1.54, 1.807) is 0 Å². The van der Waals surface area contributed by atoms with Crippen molar-refractivity contribution in [3.8, 4) is 5.75 Å². The molecule has 0 saturated heterocycles. The highest BCUT2D eigenvalue weighted by Gasteiger charge is 2.64. The molecule has 3 aliphatic carbocycles. The van der Waals surface area contributed by atoms with Crippen molar-refractivity contribution in [2.45, 2.75) is 51.2 Å². The maximum absolute atomic E-state index is 15.3. The molecular formula is C27H32FN3O8. The molecule has 0 heterocycles. The number of anilines is 1. The van der Waals surface area contributed by atoms with Crippen LogP contribution in [0.4, 0.5) is 10.1 Å². The largest absolute Gasteiger partial charge is 0.508 e. The molecule has 11 nitrogen and oxygen atoms in total. The zero-order valence-electron chi connectivity index (χ0n) is 22.0. The van der Waals surface area contributed by atoms with E-state index in [1.165, 1.54) is 19.0 Å². The average molecular weight is 546 g/mol. The maximum atomic E-state index is 15.3. The maximum Gasteiger partial charge on any atom is 0.255 e. The number of hydrogen-bond donors (Lipinski definition) is 6. The van der Waals surface area contributed by atoms with Crippen molar-refractivity contribution in [2.75, 3.05) is 19.4 Å². The lowest BCUT2D eigenvalue weighted by Crippen LogP contribution is -2.65. The molecule has 1 aromatic rings. The Hall–Kier alpha value is -3.77. The molecule has 12 heteroatoms. The molecule has 1 aromatic carbocycles. The molecule has 0 aliphatic heterocycles. The first kappa shape index (κ1) is 28.2. The SMILES string of the molecule is CC(C)CCC(=O)Nc1cc(F)c2c(c1O)C(O)=C1C(=O)[C@]3(O)C(O)=C(C(N)=O)C(=O)[C@@H](N(C)C)[C@@H]3C[C@@H]1C2. The van der Waals surface area contributed by atoms with Crippen molar-refractivity contribution >= 4 is 34.8 Å². The van der Waals surface area contributed by atoms with Crippen molar-refractivity contribution in [2.24, 2.45) is 23.5 Å². The fourth-order valence-corrected chi connectivity index (χ4v) is 5.99. The zero-order valence-corrected chi connectivity index (χ0v) is 22.0. The number of ketones is 2. The third-order valence-electron chi connectivity index (χ3n) is 7.89. The van der Waals surface area contributed by atoms with Crippen LogP contribution in [0, 0.1) is 23.6 Å². The molecule has 210 valence electrons. The van der Waals surface area contributed by atoms with Crippen LogP contribution in [-0.4, -0.2) is 74.4 Å². The van der Waals surface area contributed by atoms with Gasteiger partial charge in [0, 0.05) is 29.5 Å². The summed E-state index contributed by atoms with van der Waals surface area (Å²) in [7, 11) is 2.98. The summed E-state index contributed by atoms with van der Waals surface area (Å²) in [4.78, 5) is 52.6. The van der Waals surface area contributed by atoms with Gasteiger partial charge >= 0.3 is 0 Å². The Morgan fingerprint density at radius 3 is 2.44 bits per heavy atom. The van der Waals surface area contributed by atoms with Crippen molar-refractivity contribution in [1.82, 2.24) is 4.90 Å².